The van der Waals surface area contributed by atoms with Gasteiger partial charge in [-0.2, -0.15) is 0 Å². The molecule has 0 aliphatic carbocycles. The van der Waals surface area contributed by atoms with Crippen molar-refractivity contribution in [3.8, 4) is 0 Å². The predicted octanol–water partition coefficient (Wildman–Crippen LogP) is 3.53. The highest BCUT2D eigenvalue weighted by atomic mass is 32.2. The van der Waals surface area contributed by atoms with Gasteiger partial charge in [-0.15, -0.1) is 10.2 Å². The molecule has 1 aromatic heterocycles. The van der Waals surface area contributed by atoms with Gasteiger partial charge in [0, 0.05) is 17.8 Å². The van der Waals surface area contributed by atoms with Gasteiger partial charge in [0.25, 0.3) is 0 Å². The molecule has 2 aromatic rings. The van der Waals surface area contributed by atoms with Gasteiger partial charge in [-0.1, -0.05) is 41.3 Å². The zero-order valence-electron chi connectivity index (χ0n) is 15.6. The number of rotatable bonds is 4. The molecule has 0 fully saturated rings. The number of anilines is 2. The molecule has 144 valence electrons. The van der Waals surface area contributed by atoms with Crippen molar-refractivity contribution in [2.75, 3.05) is 22.5 Å². The van der Waals surface area contributed by atoms with Gasteiger partial charge in [0.05, 0.1) is 5.75 Å². The van der Waals surface area contributed by atoms with Crippen molar-refractivity contribution >= 4 is 45.9 Å². The van der Waals surface area contributed by atoms with Crippen molar-refractivity contribution in [1.29, 1.82) is 0 Å². The Morgan fingerprint density at radius 2 is 2.04 bits per heavy atom. The first-order valence-corrected chi connectivity index (χ1v) is 10.6. The number of nitrogens with one attached hydrogen (secondary N) is 2. The van der Waals surface area contributed by atoms with E-state index in [-0.39, 0.29) is 23.2 Å². The number of nitrogens with zero attached hydrogens (tertiary/aromatic N) is 3. The number of hydrogen-bond donors (Lipinski definition) is 2. The molecular weight excluding hydrogens is 382 g/mol. The maximum atomic E-state index is 12.7. The van der Waals surface area contributed by atoms with Crippen LogP contribution in [0.15, 0.2) is 28.6 Å². The first kappa shape index (κ1) is 19.6. The van der Waals surface area contributed by atoms with E-state index in [0.29, 0.717) is 9.47 Å². The Morgan fingerprint density at radius 1 is 1.26 bits per heavy atom. The lowest BCUT2D eigenvalue weighted by Crippen LogP contribution is -2.43. The number of carbonyl (C=O) groups excluding carboxylic acids is 2. The van der Waals surface area contributed by atoms with Gasteiger partial charge in [-0.25, -0.2) is 4.79 Å². The fourth-order valence-electron chi connectivity index (χ4n) is 2.78. The fraction of sp³-hybridized carbons (Fsp3) is 0.444. The van der Waals surface area contributed by atoms with Crippen molar-refractivity contribution in [1.82, 2.24) is 15.5 Å². The van der Waals surface area contributed by atoms with Gasteiger partial charge >= 0.3 is 6.03 Å². The molecule has 1 aliphatic heterocycles. The lowest BCUT2D eigenvalue weighted by Gasteiger charge is -2.29. The van der Waals surface area contributed by atoms with E-state index in [1.165, 1.54) is 28.7 Å². The summed E-state index contributed by atoms with van der Waals surface area (Å²) < 4.78 is 0.653. The summed E-state index contributed by atoms with van der Waals surface area (Å²) in [4.78, 5) is 26.4. The van der Waals surface area contributed by atoms with E-state index in [1.54, 1.807) is 0 Å². The largest absolute Gasteiger partial charge is 0.333 e. The summed E-state index contributed by atoms with van der Waals surface area (Å²) in [5.74, 6) is 0.347. The highest BCUT2D eigenvalue weighted by Crippen LogP contribution is 2.29. The van der Waals surface area contributed by atoms with E-state index >= 15 is 0 Å². The van der Waals surface area contributed by atoms with Gasteiger partial charge in [-0.3, -0.25) is 10.1 Å². The number of aryl methyl sites for hydroxylation is 1. The van der Waals surface area contributed by atoms with E-state index in [9.17, 15) is 9.59 Å². The van der Waals surface area contributed by atoms with Crippen LogP contribution in [-0.2, 0) is 11.2 Å². The molecule has 2 heterocycles. The molecule has 0 radical (unpaired) electrons. The number of amides is 3. The van der Waals surface area contributed by atoms with Gasteiger partial charge in [0.2, 0.25) is 11.0 Å². The molecule has 3 rings (SSSR count). The Hall–Kier alpha value is -2.13. The molecule has 0 bridgehead atoms. The minimum atomic E-state index is -0.330. The number of aromatic nitrogens is 2. The smallest absolute Gasteiger partial charge is 0.321 e. The number of thioether (sulfide) groups is 1. The molecular formula is C18H23N5O2S2. The van der Waals surface area contributed by atoms with Gasteiger partial charge in [0.15, 0.2) is 4.34 Å². The molecule has 27 heavy (non-hydrogen) atoms. The predicted molar refractivity (Wildman–Crippen MR) is 110 cm³/mol. The molecule has 2 N–H and O–H groups in total. The van der Waals surface area contributed by atoms with Crippen molar-refractivity contribution in [3.05, 3.63) is 29.8 Å². The first-order chi connectivity index (χ1) is 12.8. The maximum absolute atomic E-state index is 12.7. The average Bonchev–Trinajstić information content (AvgIpc) is 3.04. The number of urea groups is 1. The lowest BCUT2D eigenvalue weighted by molar-refractivity contribution is -0.116. The number of benzene rings is 1. The van der Waals surface area contributed by atoms with Crippen LogP contribution in [0.5, 0.6) is 0 Å². The number of hydrogen-bond acceptors (Lipinski definition) is 6. The summed E-state index contributed by atoms with van der Waals surface area (Å²) in [5, 5.41) is 13.9. The SMILES string of the molecule is CC(C)(C)NC(=O)Nc1nnc(SCC(=O)N2CCCc3ccccc32)s1. The van der Waals surface area contributed by atoms with E-state index in [0.717, 1.165) is 25.1 Å². The molecule has 1 aromatic carbocycles. The summed E-state index contributed by atoms with van der Waals surface area (Å²) in [6.07, 6.45) is 1.98. The monoisotopic (exact) mass is 405 g/mol. The van der Waals surface area contributed by atoms with Crippen LogP contribution in [0.4, 0.5) is 15.6 Å². The number of carbonyl (C=O) groups is 2. The number of para-hydroxylation sites is 1. The molecule has 0 spiro atoms. The molecule has 0 unspecified atom stereocenters. The normalized spacial score (nSPS) is 13.8. The highest BCUT2D eigenvalue weighted by molar-refractivity contribution is 8.01. The van der Waals surface area contributed by atoms with Crippen LogP contribution in [0.3, 0.4) is 0 Å². The summed E-state index contributed by atoms with van der Waals surface area (Å²) in [6, 6.07) is 7.72. The first-order valence-electron chi connectivity index (χ1n) is 8.75. The van der Waals surface area contributed by atoms with Crippen LogP contribution >= 0.6 is 23.1 Å². The quantitative estimate of drug-likeness (QED) is 0.600. The van der Waals surface area contributed by atoms with Crippen molar-refractivity contribution in [2.45, 2.75) is 43.5 Å². The summed E-state index contributed by atoms with van der Waals surface area (Å²) >= 11 is 2.60. The molecule has 3 amide bonds. The van der Waals surface area contributed by atoms with Crippen molar-refractivity contribution < 1.29 is 9.59 Å². The summed E-state index contributed by atoms with van der Waals surface area (Å²) in [7, 11) is 0. The average molecular weight is 406 g/mol. The van der Waals surface area contributed by atoms with E-state index in [4.69, 9.17) is 0 Å². The van der Waals surface area contributed by atoms with Crippen LogP contribution in [0, 0.1) is 0 Å². The molecule has 0 saturated carbocycles. The van der Waals surface area contributed by atoms with Crippen molar-refractivity contribution in [2.24, 2.45) is 0 Å². The molecule has 0 saturated heterocycles. The molecule has 7 nitrogen and oxygen atoms in total. The summed E-state index contributed by atoms with van der Waals surface area (Å²) in [6.45, 7) is 6.45. The summed E-state index contributed by atoms with van der Waals surface area (Å²) in [5.41, 5.74) is 1.89. The zero-order chi connectivity index (χ0) is 19.4. The van der Waals surface area contributed by atoms with Gasteiger partial charge in [-0.05, 0) is 45.2 Å². The third kappa shape index (κ3) is 5.43. The molecule has 9 heteroatoms. The van der Waals surface area contributed by atoms with E-state index in [1.807, 2.05) is 43.9 Å². The zero-order valence-corrected chi connectivity index (χ0v) is 17.2. The third-order valence-electron chi connectivity index (χ3n) is 3.85. The van der Waals surface area contributed by atoms with E-state index < -0.39 is 0 Å². The Labute approximate surface area is 166 Å². The third-order valence-corrected chi connectivity index (χ3v) is 5.80. The van der Waals surface area contributed by atoms with Gasteiger partial charge < -0.3 is 10.2 Å². The van der Waals surface area contributed by atoms with Crippen LogP contribution in [0.1, 0.15) is 32.8 Å². The van der Waals surface area contributed by atoms with Crippen molar-refractivity contribution in [3.63, 3.8) is 0 Å². The Balaban J connectivity index is 1.55. The molecule has 1 aliphatic rings. The maximum Gasteiger partial charge on any atom is 0.321 e. The Bertz CT molecular complexity index is 831. The second-order valence-corrected chi connectivity index (χ2v) is 9.47. The minimum absolute atomic E-state index is 0.0577. The topological polar surface area (TPSA) is 87.2 Å². The Kier molecular flexibility index (Phi) is 6.01. The van der Waals surface area contributed by atoms with Crippen LogP contribution in [0.25, 0.3) is 0 Å². The Morgan fingerprint density at radius 3 is 2.81 bits per heavy atom. The van der Waals surface area contributed by atoms with Crippen LogP contribution < -0.4 is 15.5 Å². The molecule has 0 atom stereocenters. The minimum Gasteiger partial charge on any atom is -0.333 e. The standard InChI is InChI=1S/C18H23N5O2S2/c1-18(2,3)20-15(25)19-16-21-22-17(27-16)26-11-14(24)23-10-6-8-12-7-4-5-9-13(12)23/h4-5,7,9H,6,8,10-11H2,1-3H3,(H2,19,20,21,25). The van der Waals surface area contributed by atoms with Gasteiger partial charge in [0.1, 0.15) is 0 Å². The highest BCUT2D eigenvalue weighted by Gasteiger charge is 2.22. The number of fused-ring (bicyclic) bond motifs is 1. The van der Waals surface area contributed by atoms with Crippen LogP contribution in [0.2, 0.25) is 0 Å². The van der Waals surface area contributed by atoms with E-state index in [2.05, 4.69) is 26.9 Å². The fourth-order valence-corrected chi connectivity index (χ4v) is 4.40. The van der Waals surface area contributed by atoms with Crippen LogP contribution in [-0.4, -0.2) is 40.0 Å². The second-order valence-electron chi connectivity index (χ2n) is 7.27. The second kappa shape index (κ2) is 8.26. The lowest BCUT2D eigenvalue weighted by atomic mass is 10.0.